The normalized spacial score (nSPS) is 16.3. The summed E-state index contributed by atoms with van der Waals surface area (Å²) in [4.78, 5) is 23.9. The highest BCUT2D eigenvalue weighted by Crippen LogP contribution is 2.19. The molecule has 1 atom stereocenters. The molecule has 0 bridgehead atoms. The van der Waals surface area contributed by atoms with E-state index in [1.165, 1.54) is 24.6 Å². The zero-order valence-corrected chi connectivity index (χ0v) is 14.0. The number of amides is 2. The average molecular weight is 320 g/mol. The number of carbonyl (C=O) groups excluding carboxylic acids is 2. The van der Waals surface area contributed by atoms with E-state index >= 15 is 0 Å². The lowest BCUT2D eigenvalue weighted by atomic mass is 10.2. The van der Waals surface area contributed by atoms with Gasteiger partial charge in [0.2, 0.25) is 11.8 Å². The standard InChI is InChI=1S/C17H24N2O2S/c1-12-7-9-15(10-8-12)18-16(20)11-22-13(2)17(21)19-14-5-3-4-6-14/h7-10,13-14H,3-6,11H2,1-2H3,(H,18,20)(H,19,21). The van der Waals surface area contributed by atoms with Crippen LogP contribution in [0.3, 0.4) is 0 Å². The van der Waals surface area contributed by atoms with Gasteiger partial charge in [-0.15, -0.1) is 11.8 Å². The molecule has 2 amide bonds. The summed E-state index contributed by atoms with van der Waals surface area (Å²) in [6, 6.07) is 8.01. The maximum absolute atomic E-state index is 12.0. The van der Waals surface area contributed by atoms with Crippen LogP contribution in [0, 0.1) is 6.92 Å². The number of carbonyl (C=O) groups is 2. The van der Waals surface area contributed by atoms with Gasteiger partial charge in [0.05, 0.1) is 11.0 Å². The van der Waals surface area contributed by atoms with Crippen LogP contribution in [0.15, 0.2) is 24.3 Å². The van der Waals surface area contributed by atoms with Crippen LogP contribution in [0.4, 0.5) is 5.69 Å². The highest BCUT2D eigenvalue weighted by molar-refractivity contribution is 8.01. The molecule has 0 saturated heterocycles. The maximum Gasteiger partial charge on any atom is 0.234 e. The van der Waals surface area contributed by atoms with Crippen molar-refractivity contribution in [1.82, 2.24) is 5.32 Å². The van der Waals surface area contributed by atoms with Crippen LogP contribution in [-0.2, 0) is 9.59 Å². The van der Waals surface area contributed by atoms with Crippen molar-refractivity contribution in [3.8, 4) is 0 Å². The van der Waals surface area contributed by atoms with Crippen LogP contribution in [0.5, 0.6) is 0 Å². The number of aryl methyl sites for hydroxylation is 1. The molecule has 2 N–H and O–H groups in total. The first-order valence-corrected chi connectivity index (χ1v) is 8.88. The Morgan fingerprint density at radius 1 is 1.23 bits per heavy atom. The van der Waals surface area contributed by atoms with E-state index in [1.807, 2.05) is 38.1 Å². The SMILES string of the molecule is Cc1ccc(NC(=O)CSC(C)C(=O)NC2CCCC2)cc1. The van der Waals surface area contributed by atoms with E-state index in [-0.39, 0.29) is 22.8 Å². The third-order valence-electron chi connectivity index (χ3n) is 3.87. The molecule has 22 heavy (non-hydrogen) atoms. The van der Waals surface area contributed by atoms with Gasteiger partial charge >= 0.3 is 0 Å². The molecule has 0 aromatic heterocycles. The van der Waals surface area contributed by atoms with Crippen LogP contribution >= 0.6 is 11.8 Å². The van der Waals surface area contributed by atoms with Gasteiger partial charge in [-0.3, -0.25) is 9.59 Å². The van der Waals surface area contributed by atoms with Gasteiger partial charge in [0.25, 0.3) is 0 Å². The van der Waals surface area contributed by atoms with Crippen molar-refractivity contribution in [3.05, 3.63) is 29.8 Å². The number of hydrogen-bond acceptors (Lipinski definition) is 3. The Morgan fingerprint density at radius 2 is 1.86 bits per heavy atom. The minimum atomic E-state index is -0.204. The van der Waals surface area contributed by atoms with Crippen LogP contribution in [0.1, 0.15) is 38.2 Å². The minimum Gasteiger partial charge on any atom is -0.352 e. The van der Waals surface area contributed by atoms with Crippen molar-refractivity contribution >= 4 is 29.3 Å². The lowest BCUT2D eigenvalue weighted by molar-refractivity contribution is -0.120. The molecule has 4 nitrogen and oxygen atoms in total. The molecule has 0 spiro atoms. The summed E-state index contributed by atoms with van der Waals surface area (Å²) in [6.07, 6.45) is 4.56. The van der Waals surface area contributed by atoms with Crippen LogP contribution < -0.4 is 10.6 Å². The van der Waals surface area contributed by atoms with Crippen molar-refractivity contribution in [2.45, 2.75) is 50.8 Å². The van der Waals surface area contributed by atoms with Gasteiger partial charge in [-0.25, -0.2) is 0 Å². The maximum atomic E-state index is 12.0. The Morgan fingerprint density at radius 3 is 2.50 bits per heavy atom. The van der Waals surface area contributed by atoms with Gasteiger partial charge in [0.15, 0.2) is 0 Å². The Kier molecular flexibility index (Phi) is 6.31. The van der Waals surface area contributed by atoms with E-state index in [9.17, 15) is 9.59 Å². The van der Waals surface area contributed by atoms with Crippen LogP contribution in [0.2, 0.25) is 0 Å². The molecule has 2 rings (SSSR count). The third-order valence-corrected chi connectivity index (χ3v) is 5.01. The summed E-state index contributed by atoms with van der Waals surface area (Å²) < 4.78 is 0. The lowest BCUT2D eigenvalue weighted by Crippen LogP contribution is -2.38. The molecule has 0 aliphatic heterocycles. The second-order valence-corrected chi connectivity index (χ2v) is 7.19. The quantitative estimate of drug-likeness (QED) is 0.847. The number of nitrogens with one attached hydrogen (secondary N) is 2. The van der Waals surface area contributed by atoms with E-state index in [2.05, 4.69) is 10.6 Å². The van der Waals surface area contributed by atoms with Crippen molar-refractivity contribution in [2.75, 3.05) is 11.1 Å². The molecule has 1 fully saturated rings. The minimum absolute atomic E-state index is 0.0417. The van der Waals surface area contributed by atoms with Crippen molar-refractivity contribution in [1.29, 1.82) is 0 Å². The van der Waals surface area contributed by atoms with E-state index < -0.39 is 0 Å². The summed E-state index contributed by atoms with van der Waals surface area (Å²) in [5, 5.41) is 5.71. The largest absolute Gasteiger partial charge is 0.352 e. The fraction of sp³-hybridized carbons (Fsp3) is 0.529. The zero-order valence-electron chi connectivity index (χ0n) is 13.2. The van der Waals surface area contributed by atoms with Gasteiger partial charge in [-0.1, -0.05) is 30.5 Å². The number of benzene rings is 1. The molecule has 1 saturated carbocycles. The van der Waals surface area contributed by atoms with E-state index in [4.69, 9.17) is 0 Å². The topological polar surface area (TPSA) is 58.2 Å². The van der Waals surface area contributed by atoms with Gasteiger partial charge in [-0.05, 0) is 38.8 Å². The van der Waals surface area contributed by atoms with E-state index in [0.717, 1.165) is 24.1 Å². The van der Waals surface area contributed by atoms with Crippen molar-refractivity contribution < 1.29 is 9.59 Å². The number of hydrogen-bond donors (Lipinski definition) is 2. The molecular formula is C17H24N2O2S. The highest BCUT2D eigenvalue weighted by atomic mass is 32.2. The number of rotatable bonds is 6. The van der Waals surface area contributed by atoms with E-state index in [1.54, 1.807) is 0 Å². The zero-order chi connectivity index (χ0) is 15.9. The van der Waals surface area contributed by atoms with Gasteiger partial charge in [-0.2, -0.15) is 0 Å². The average Bonchev–Trinajstić information content (AvgIpc) is 3.00. The smallest absolute Gasteiger partial charge is 0.234 e. The molecule has 0 radical (unpaired) electrons. The highest BCUT2D eigenvalue weighted by Gasteiger charge is 2.21. The first-order chi connectivity index (χ1) is 10.5. The van der Waals surface area contributed by atoms with Gasteiger partial charge < -0.3 is 10.6 Å². The predicted molar refractivity (Wildman–Crippen MR) is 92.1 cm³/mol. The fourth-order valence-electron chi connectivity index (χ4n) is 2.50. The molecule has 120 valence electrons. The second-order valence-electron chi connectivity index (χ2n) is 5.86. The Balaban J connectivity index is 1.70. The second kappa shape index (κ2) is 8.22. The molecule has 0 heterocycles. The van der Waals surface area contributed by atoms with Crippen LogP contribution in [0.25, 0.3) is 0 Å². The summed E-state index contributed by atoms with van der Waals surface area (Å²) in [5.41, 5.74) is 1.95. The molecule has 5 heteroatoms. The third kappa shape index (κ3) is 5.37. The number of thioether (sulfide) groups is 1. The molecule has 1 aliphatic rings. The summed E-state index contributed by atoms with van der Waals surface area (Å²) in [6.45, 7) is 3.86. The first kappa shape index (κ1) is 16.9. The first-order valence-electron chi connectivity index (χ1n) is 7.83. The molecule has 1 aromatic carbocycles. The predicted octanol–water partition coefficient (Wildman–Crippen LogP) is 3.11. The molecule has 1 unspecified atom stereocenters. The number of anilines is 1. The molecule has 1 aromatic rings. The van der Waals surface area contributed by atoms with Crippen molar-refractivity contribution in [2.24, 2.45) is 0 Å². The summed E-state index contributed by atoms with van der Waals surface area (Å²) in [7, 11) is 0. The summed E-state index contributed by atoms with van der Waals surface area (Å²) in [5.74, 6) is 0.252. The van der Waals surface area contributed by atoms with Gasteiger partial charge in [0.1, 0.15) is 0 Å². The Labute approximate surface area is 136 Å². The Bertz CT molecular complexity index is 510. The fourth-order valence-corrected chi connectivity index (χ4v) is 3.19. The van der Waals surface area contributed by atoms with Crippen molar-refractivity contribution in [3.63, 3.8) is 0 Å². The van der Waals surface area contributed by atoms with E-state index in [0.29, 0.717) is 6.04 Å². The molecule has 1 aliphatic carbocycles. The monoisotopic (exact) mass is 320 g/mol. The van der Waals surface area contributed by atoms with Gasteiger partial charge in [0, 0.05) is 11.7 Å². The molecular weight excluding hydrogens is 296 g/mol. The summed E-state index contributed by atoms with van der Waals surface area (Å²) >= 11 is 1.37. The lowest BCUT2D eigenvalue weighted by Gasteiger charge is -2.16. The Hall–Kier alpha value is -1.49. The van der Waals surface area contributed by atoms with Crippen LogP contribution in [-0.4, -0.2) is 28.9 Å².